The number of rotatable bonds is 3. The highest BCUT2D eigenvalue weighted by Crippen LogP contribution is 2.25. The van der Waals surface area contributed by atoms with Crippen molar-refractivity contribution < 1.29 is 22.6 Å². The summed E-state index contributed by atoms with van der Waals surface area (Å²) in [4.78, 5) is 0. The Hall–Kier alpha value is -0.320. The maximum absolute atomic E-state index is 11.8. The Balaban J connectivity index is 0. The molecule has 0 heterocycles. The lowest BCUT2D eigenvalue weighted by Crippen LogP contribution is -2.30. The van der Waals surface area contributed by atoms with Crippen molar-refractivity contribution in [2.75, 3.05) is 7.11 Å². The Morgan fingerprint density at radius 3 is 1.91 bits per heavy atom. The van der Waals surface area contributed by atoms with Crippen LogP contribution in [0.4, 0.5) is 17.9 Å². The number of hydrogen-bond acceptors (Lipinski definition) is 1. The molecule has 0 fully saturated rings. The van der Waals surface area contributed by atoms with Crippen LogP contribution in [-0.2, 0) is 4.74 Å². The van der Waals surface area contributed by atoms with Crippen LogP contribution in [0.1, 0.15) is 19.8 Å². The molecular weight excluding hydrogens is 164 g/mol. The van der Waals surface area contributed by atoms with Crippen molar-refractivity contribution in [2.24, 2.45) is 0 Å². The van der Waals surface area contributed by atoms with E-state index in [1.807, 2.05) is 0 Å². The third-order valence-electron chi connectivity index (χ3n) is 1.20. The topological polar surface area (TPSA) is 9.23 Å². The van der Waals surface area contributed by atoms with Gasteiger partial charge in [0.05, 0.1) is 0 Å². The fraction of sp³-hybridized carbons (Fsp3) is 1.00. The molecule has 0 saturated heterocycles. The third kappa shape index (κ3) is 5.01. The number of alkyl halides is 3. The molecule has 0 aliphatic heterocycles. The molecule has 1 atom stereocenters. The molecule has 11 heavy (non-hydrogen) atoms. The van der Waals surface area contributed by atoms with Crippen LogP contribution in [0.2, 0.25) is 0 Å². The molecular formula is C6H12F4O. The van der Waals surface area contributed by atoms with E-state index in [1.165, 1.54) is 0 Å². The van der Waals surface area contributed by atoms with Crippen LogP contribution in [0.25, 0.3) is 0 Å². The van der Waals surface area contributed by atoms with Crippen LogP contribution in [0.15, 0.2) is 0 Å². The standard InChI is InChI=1S/C6H11F3O.FH/c1-3-4-5(10-2)6(7,8)9;/h5H,3-4H2,1-2H3;1H. The van der Waals surface area contributed by atoms with Crippen molar-refractivity contribution in [3.05, 3.63) is 0 Å². The summed E-state index contributed by atoms with van der Waals surface area (Å²) in [5, 5.41) is 0. The minimum absolute atomic E-state index is 0. The minimum atomic E-state index is -4.20. The second-order valence-electron chi connectivity index (χ2n) is 2.05. The first-order chi connectivity index (χ1) is 4.52. The van der Waals surface area contributed by atoms with Crippen molar-refractivity contribution >= 4 is 0 Å². The molecule has 0 aliphatic carbocycles. The molecule has 0 rings (SSSR count). The van der Waals surface area contributed by atoms with Crippen LogP contribution < -0.4 is 0 Å². The molecule has 0 aromatic heterocycles. The van der Waals surface area contributed by atoms with Gasteiger partial charge in [0.1, 0.15) is 0 Å². The summed E-state index contributed by atoms with van der Waals surface area (Å²) in [6, 6.07) is 0. The molecule has 5 heteroatoms. The van der Waals surface area contributed by atoms with Gasteiger partial charge in [-0.25, -0.2) is 0 Å². The Labute approximate surface area is 62.9 Å². The predicted octanol–water partition coefficient (Wildman–Crippen LogP) is 2.52. The first-order valence-corrected chi connectivity index (χ1v) is 3.11. The maximum atomic E-state index is 11.8. The Kier molecular flexibility index (Phi) is 6.46. The number of ether oxygens (including phenoxy) is 1. The molecule has 0 bridgehead atoms. The van der Waals surface area contributed by atoms with E-state index in [-0.39, 0.29) is 11.1 Å². The lowest BCUT2D eigenvalue weighted by molar-refractivity contribution is -0.214. The number of halogens is 4. The summed E-state index contributed by atoms with van der Waals surface area (Å²) in [5.41, 5.74) is 0. The van der Waals surface area contributed by atoms with Gasteiger partial charge in [-0.3, -0.25) is 4.70 Å². The summed E-state index contributed by atoms with van der Waals surface area (Å²) < 4.78 is 39.6. The quantitative estimate of drug-likeness (QED) is 0.600. The van der Waals surface area contributed by atoms with Gasteiger partial charge >= 0.3 is 6.18 Å². The van der Waals surface area contributed by atoms with Crippen molar-refractivity contribution in [3.8, 4) is 0 Å². The number of hydrogen-bond donors (Lipinski definition) is 0. The smallest absolute Gasteiger partial charge is 0.372 e. The highest BCUT2D eigenvalue weighted by Gasteiger charge is 2.38. The predicted molar refractivity (Wildman–Crippen MR) is 34.3 cm³/mol. The van der Waals surface area contributed by atoms with Crippen molar-refractivity contribution in [1.29, 1.82) is 0 Å². The van der Waals surface area contributed by atoms with Gasteiger partial charge in [0.2, 0.25) is 0 Å². The van der Waals surface area contributed by atoms with Crippen LogP contribution in [0.5, 0.6) is 0 Å². The van der Waals surface area contributed by atoms with Gasteiger partial charge in [-0.15, -0.1) is 0 Å². The zero-order valence-corrected chi connectivity index (χ0v) is 6.44. The van der Waals surface area contributed by atoms with Gasteiger partial charge in [0.25, 0.3) is 0 Å². The monoisotopic (exact) mass is 176 g/mol. The average molecular weight is 176 g/mol. The average Bonchev–Trinajstić information content (AvgIpc) is 1.80. The summed E-state index contributed by atoms with van der Waals surface area (Å²) in [6.45, 7) is 1.69. The summed E-state index contributed by atoms with van der Waals surface area (Å²) in [6.07, 6.45) is -5.26. The molecule has 0 amide bonds. The van der Waals surface area contributed by atoms with E-state index in [2.05, 4.69) is 4.74 Å². The Bertz CT molecular complexity index is 91.1. The molecule has 1 unspecified atom stereocenters. The van der Waals surface area contributed by atoms with E-state index in [9.17, 15) is 13.2 Å². The van der Waals surface area contributed by atoms with Gasteiger partial charge in [-0.1, -0.05) is 13.3 Å². The van der Waals surface area contributed by atoms with Gasteiger partial charge < -0.3 is 4.74 Å². The first-order valence-electron chi connectivity index (χ1n) is 3.11. The zero-order valence-electron chi connectivity index (χ0n) is 6.44. The Morgan fingerprint density at radius 1 is 1.36 bits per heavy atom. The van der Waals surface area contributed by atoms with E-state index < -0.39 is 12.3 Å². The molecule has 70 valence electrons. The third-order valence-corrected chi connectivity index (χ3v) is 1.20. The molecule has 0 spiro atoms. The van der Waals surface area contributed by atoms with Gasteiger partial charge in [0.15, 0.2) is 6.10 Å². The summed E-state index contributed by atoms with van der Waals surface area (Å²) in [5.74, 6) is 0. The fourth-order valence-corrected chi connectivity index (χ4v) is 0.677. The van der Waals surface area contributed by atoms with Crippen molar-refractivity contribution in [1.82, 2.24) is 0 Å². The lowest BCUT2D eigenvalue weighted by Gasteiger charge is -2.17. The van der Waals surface area contributed by atoms with Gasteiger partial charge in [-0.05, 0) is 6.42 Å². The largest absolute Gasteiger partial charge is 0.414 e. The van der Waals surface area contributed by atoms with Crippen molar-refractivity contribution in [3.63, 3.8) is 0 Å². The van der Waals surface area contributed by atoms with Crippen LogP contribution in [-0.4, -0.2) is 19.4 Å². The second-order valence-corrected chi connectivity index (χ2v) is 2.05. The van der Waals surface area contributed by atoms with Crippen LogP contribution in [0.3, 0.4) is 0 Å². The minimum Gasteiger partial charge on any atom is -0.372 e. The molecule has 0 aromatic carbocycles. The van der Waals surface area contributed by atoms with Crippen LogP contribution in [0, 0.1) is 0 Å². The fourth-order valence-electron chi connectivity index (χ4n) is 0.677. The highest BCUT2D eigenvalue weighted by atomic mass is 19.4. The number of methoxy groups -OCH3 is 1. The molecule has 0 saturated carbocycles. The molecule has 0 N–H and O–H groups in total. The summed E-state index contributed by atoms with van der Waals surface area (Å²) >= 11 is 0. The summed E-state index contributed by atoms with van der Waals surface area (Å²) in [7, 11) is 1.08. The van der Waals surface area contributed by atoms with Crippen molar-refractivity contribution in [2.45, 2.75) is 32.0 Å². The van der Waals surface area contributed by atoms with Crippen LogP contribution >= 0.6 is 0 Å². The van der Waals surface area contributed by atoms with Gasteiger partial charge in [0, 0.05) is 7.11 Å². The van der Waals surface area contributed by atoms with Gasteiger partial charge in [-0.2, -0.15) is 13.2 Å². The van der Waals surface area contributed by atoms with E-state index in [0.717, 1.165) is 7.11 Å². The highest BCUT2D eigenvalue weighted by molar-refractivity contribution is 4.65. The SMILES string of the molecule is CCCC(OC)C(F)(F)F.F. The molecule has 0 aromatic rings. The molecule has 0 aliphatic rings. The normalized spacial score (nSPS) is 13.9. The van der Waals surface area contributed by atoms with E-state index in [1.54, 1.807) is 6.92 Å². The second kappa shape index (κ2) is 5.35. The van der Waals surface area contributed by atoms with E-state index in [4.69, 9.17) is 0 Å². The Morgan fingerprint density at radius 2 is 1.82 bits per heavy atom. The lowest BCUT2D eigenvalue weighted by atomic mass is 10.2. The maximum Gasteiger partial charge on any atom is 0.414 e. The first kappa shape index (κ1) is 13.3. The zero-order chi connectivity index (χ0) is 8.20. The molecule has 1 nitrogen and oxygen atoms in total. The van der Waals surface area contributed by atoms with E-state index in [0.29, 0.717) is 6.42 Å². The molecule has 0 radical (unpaired) electrons. The van der Waals surface area contributed by atoms with E-state index >= 15 is 0 Å².